The second kappa shape index (κ2) is 4.45. The highest BCUT2D eigenvalue weighted by Crippen LogP contribution is 2.20. The van der Waals surface area contributed by atoms with Crippen LogP contribution in [-0.4, -0.2) is 24.4 Å². The van der Waals surface area contributed by atoms with Crippen molar-refractivity contribution in [1.29, 1.82) is 0 Å². The number of benzene rings is 1. The third-order valence-corrected chi connectivity index (χ3v) is 2.70. The van der Waals surface area contributed by atoms with Gasteiger partial charge < -0.3 is 15.1 Å². The predicted molar refractivity (Wildman–Crippen MR) is 60.9 cm³/mol. The summed E-state index contributed by atoms with van der Waals surface area (Å²) in [5.74, 6) is -0.263. The van der Waals surface area contributed by atoms with Crippen molar-refractivity contribution in [2.45, 2.75) is 12.5 Å². The molecule has 2 rings (SSSR count). The molecule has 1 aromatic carbocycles. The van der Waals surface area contributed by atoms with Crippen LogP contribution in [0, 0.1) is 5.82 Å². The molecule has 0 spiro atoms. The largest absolute Gasteiger partial charge is 0.361 e. The van der Waals surface area contributed by atoms with E-state index in [9.17, 15) is 9.18 Å². The molecule has 0 aliphatic rings. The molecule has 0 saturated carbocycles. The van der Waals surface area contributed by atoms with Crippen molar-refractivity contribution in [1.82, 2.24) is 10.3 Å². The van der Waals surface area contributed by atoms with Gasteiger partial charge in [-0.15, -0.1) is 0 Å². The van der Waals surface area contributed by atoms with Crippen LogP contribution in [0.4, 0.5) is 4.39 Å². The monoisotopic (exact) mass is 220 g/mol. The number of aromatic nitrogens is 1. The average Bonchev–Trinajstić information content (AvgIpc) is 2.68. The molecule has 0 aliphatic carbocycles. The van der Waals surface area contributed by atoms with Crippen LogP contribution < -0.4 is 5.32 Å². The van der Waals surface area contributed by atoms with Gasteiger partial charge in [0.15, 0.2) is 0 Å². The lowest BCUT2D eigenvalue weighted by atomic mass is 10.1. The number of halogens is 1. The molecule has 2 aromatic rings. The summed E-state index contributed by atoms with van der Waals surface area (Å²) in [5.41, 5.74) is 1.78. The van der Waals surface area contributed by atoms with E-state index in [1.165, 1.54) is 12.1 Å². The van der Waals surface area contributed by atoms with Crippen LogP contribution in [-0.2, 0) is 11.2 Å². The smallest absolute Gasteiger partial charge is 0.137 e. The number of nitrogens with one attached hydrogen (secondary N) is 2. The molecule has 1 aromatic heterocycles. The van der Waals surface area contributed by atoms with Gasteiger partial charge in [-0.2, -0.15) is 0 Å². The first kappa shape index (κ1) is 10.8. The first-order valence-corrected chi connectivity index (χ1v) is 5.12. The van der Waals surface area contributed by atoms with E-state index in [0.717, 1.165) is 22.8 Å². The Labute approximate surface area is 92.7 Å². The molecule has 1 unspecified atom stereocenters. The zero-order valence-corrected chi connectivity index (χ0v) is 8.96. The average molecular weight is 220 g/mol. The molecule has 0 amide bonds. The summed E-state index contributed by atoms with van der Waals surface area (Å²) in [5, 5.41) is 3.87. The van der Waals surface area contributed by atoms with Crippen molar-refractivity contribution in [3.8, 4) is 0 Å². The summed E-state index contributed by atoms with van der Waals surface area (Å²) < 4.78 is 13.0. The molecular formula is C12H13FN2O. The number of carbonyl (C=O) groups excluding carboxylic acids is 1. The van der Waals surface area contributed by atoms with E-state index in [-0.39, 0.29) is 11.9 Å². The molecule has 1 atom stereocenters. The minimum Gasteiger partial charge on any atom is -0.361 e. The van der Waals surface area contributed by atoms with Gasteiger partial charge in [-0.3, -0.25) is 0 Å². The van der Waals surface area contributed by atoms with Gasteiger partial charge in [0, 0.05) is 17.1 Å². The van der Waals surface area contributed by atoms with Crippen molar-refractivity contribution in [3.05, 3.63) is 35.8 Å². The number of hydrogen-bond donors (Lipinski definition) is 2. The van der Waals surface area contributed by atoms with Crippen molar-refractivity contribution in [3.63, 3.8) is 0 Å². The molecule has 0 fully saturated rings. The fourth-order valence-electron chi connectivity index (χ4n) is 1.78. The van der Waals surface area contributed by atoms with E-state index >= 15 is 0 Å². The summed E-state index contributed by atoms with van der Waals surface area (Å²) in [4.78, 5) is 13.7. The van der Waals surface area contributed by atoms with Gasteiger partial charge in [-0.25, -0.2) is 4.39 Å². The lowest BCUT2D eigenvalue weighted by Gasteiger charge is -2.07. The van der Waals surface area contributed by atoms with E-state index in [2.05, 4.69) is 10.3 Å². The second-order valence-electron chi connectivity index (χ2n) is 3.74. The maximum absolute atomic E-state index is 13.0. The Hall–Kier alpha value is -1.68. The first-order chi connectivity index (χ1) is 7.74. The second-order valence-corrected chi connectivity index (χ2v) is 3.74. The Kier molecular flexibility index (Phi) is 3.01. The fourth-order valence-corrected chi connectivity index (χ4v) is 1.78. The van der Waals surface area contributed by atoms with Crippen LogP contribution in [0.1, 0.15) is 5.56 Å². The van der Waals surface area contributed by atoms with Gasteiger partial charge >= 0.3 is 0 Å². The molecule has 0 bridgehead atoms. The molecule has 0 aliphatic heterocycles. The maximum Gasteiger partial charge on any atom is 0.137 e. The van der Waals surface area contributed by atoms with Crippen molar-refractivity contribution >= 4 is 17.2 Å². The lowest BCUT2D eigenvalue weighted by Crippen LogP contribution is -2.28. The number of carbonyl (C=O) groups is 1. The zero-order chi connectivity index (χ0) is 11.5. The minimum atomic E-state index is -0.263. The zero-order valence-electron chi connectivity index (χ0n) is 8.96. The normalized spacial score (nSPS) is 12.9. The van der Waals surface area contributed by atoms with Gasteiger partial charge in [0.05, 0.1) is 6.04 Å². The van der Waals surface area contributed by atoms with Gasteiger partial charge in [-0.05, 0) is 37.2 Å². The Morgan fingerprint density at radius 1 is 1.56 bits per heavy atom. The molecule has 2 N–H and O–H groups in total. The highest BCUT2D eigenvalue weighted by Gasteiger charge is 2.10. The summed E-state index contributed by atoms with van der Waals surface area (Å²) in [6.07, 6.45) is 3.30. The third kappa shape index (κ3) is 1.97. The third-order valence-electron chi connectivity index (χ3n) is 2.70. The van der Waals surface area contributed by atoms with E-state index in [1.807, 2.05) is 6.20 Å². The number of fused-ring (bicyclic) bond motifs is 1. The molecule has 3 nitrogen and oxygen atoms in total. The number of rotatable bonds is 4. The van der Waals surface area contributed by atoms with E-state index in [1.54, 1.807) is 13.1 Å². The molecule has 4 heteroatoms. The maximum atomic E-state index is 13.0. The first-order valence-electron chi connectivity index (χ1n) is 5.12. The Bertz CT molecular complexity index is 507. The standard InChI is InChI=1S/C12H13FN2O/c1-14-10(7-16)4-8-6-15-12-5-9(13)2-3-11(8)12/h2-3,5-7,10,14-15H,4H2,1H3. The topological polar surface area (TPSA) is 44.9 Å². The number of likely N-dealkylation sites (N-methyl/N-ethyl adjacent to an activating group) is 1. The van der Waals surface area contributed by atoms with Crippen molar-refractivity contribution in [2.75, 3.05) is 7.05 Å². The van der Waals surface area contributed by atoms with Crippen molar-refractivity contribution in [2.24, 2.45) is 0 Å². The van der Waals surface area contributed by atoms with Gasteiger partial charge in [0.25, 0.3) is 0 Å². The SMILES string of the molecule is CNC(C=O)Cc1c[nH]c2cc(F)ccc12. The Morgan fingerprint density at radius 2 is 2.38 bits per heavy atom. The lowest BCUT2D eigenvalue weighted by molar-refractivity contribution is -0.109. The number of hydrogen-bond acceptors (Lipinski definition) is 2. The Morgan fingerprint density at radius 3 is 3.06 bits per heavy atom. The number of H-pyrrole nitrogens is 1. The van der Waals surface area contributed by atoms with Gasteiger partial charge in [0.2, 0.25) is 0 Å². The van der Waals surface area contributed by atoms with E-state index < -0.39 is 0 Å². The quantitative estimate of drug-likeness (QED) is 0.769. The summed E-state index contributed by atoms with van der Waals surface area (Å²) in [7, 11) is 1.74. The van der Waals surface area contributed by atoms with Crippen LogP contribution in [0.25, 0.3) is 10.9 Å². The molecule has 16 heavy (non-hydrogen) atoms. The van der Waals surface area contributed by atoms with Crippen molar-refractivity contribution < 1.29 is 9.18 Å². The number of aldehydes is 1. The van der Waals surface area contributed by atoms with Gasteiger partial charge in [-0.1, -0.05) is 0 Å². The molecule has 0 radical (unpaired) electrons. The van der Waals surface area contributed by atoms with E-state index in [4.69, 9.17) is 0 Å². The van der Waals surface area contributed by atoms with Crippen LogP contribution in [0.5, 0.6) is 0 Å². The minimum absolute atomic E-state index is 0.205. The summed E-state index contributed by atoms with van der Waals surface area (Å²) in [6, 6.07) is 4.40. The number of aromatic amines is 1. The van der Waals surface area contributed by atoms with Crippen LogP contribution in [0.2, 0.25) is 0 Å². The summed E-state index contributed by atoms with van der Waals surface area (Å²) >= 11 is 0. The predicted octanol–water partition coefficient (Wildman–Crippen LogP) is 1.64. The fraction of sp³-hybridized carbons (Fsp3) is 0.250. The molecular weight excluding hydrogens is 207 g/mol. The summed E-state index contributed by atoms with van der Waals surface area (Å²) in [6.45, 7) is 0. The Balaban J connectivity index is 2.34. The molecule has 1 heterocycles. The molecule has 84 valence electrons. The highest BCUT2D eigenvalue weighted by molar-refractivity contribution is 5.83. The van der Waals surface area contributed by atoms with Crippen LogP contribution in [0.3, 0.4) is 0 Å². The molecule has 0 saturated heterocycles. The van der Waals surface area contributed by atoms with Gasteiger partial charge in [0.1, 0.15) is 12.1 Å². The van der Waals surface area contributed by atoms with E-state index in [0.29, 0.717) is 6.42 Å². The van der Waals surface area contributed by atoms with Crippen LogP contribution >= 0.6 is 0 Å². The highest BCUT2D eigenvalue weighted by atomic mass is 19.1. The van der Waals surface area contributed by atoms with Crippen LogP contribution in [0.15, 0.2) is 24.4 Å².